The Balaban J connectivity index is 2.53. The second-order valence-corrected chi connectivity index (χ2v) is 6.01. The summed E-state index contributed by atoms with van der Waals surface area (Å²) in [4.78, 5) is 21.5. The quantitative estimate of drug-likeness (QED) is 0.500. The highest BCUT2D eigenvalue weighted by Gasteiger charge is 2.47. The molecule has 1 rings (SSSR count). The minimum Gasteiger partial charge on any atom is -0.303 e. The predicted molar refractivity (Wildman–Crippen MR) is 69.7 cm³/mol. The van der Waals surface area contributed by atoms with E-state index < -0.39 is 0 Å². The summed E-state index contributed by atoms with van der Waals surface area (Å²) in [5.41, 5.74) is 1.52. The molecule has 1 saturated carbocycles. The zero-order valence-electron chi connectivity index (χ0n) is 11.3. The number of hydrogen-bond donors (Lipinski definition) is 0. The van der Waals surface area contributed by atoms with Crippen molar-refractivity contribution < 1.29 is 9.59 Å². The molecule has 2 nitrogen and oxygen atoms in total. The van der Waals surface area contributed by atoms with E-state index in [1.54, 1.807) is 6.92 Å². The van der Waals surface area contributed by atoms with Gasteiger partial charge in [-0.05, 0) is 43.4 Å². The molecular formula is C15H24O2. The third-order valence-electron chi connectivity index (χ3n) is 4.15. The monoisotopic (exact) mass is 236 g/mol. The van der Waals surface area contributed by atoms with Crippen LogP contribution in [0.2, 0.25) is 0 Å². The number of Topliss-reactive ketones (excluding diaryl/α,β-unsaturated/α-hetero) is 1. The summed E-state index contributed by atoms with van der Waals surface area (Å²) in [5.74, 6) is 1.35. The molecule has 2 unspecified atom stereocenters. The molecule has 0 aliphatic heterocycles. The van der Waals surface area contributed by atoms with E-state index in [4.69, 9.17) is 0 Å². The van der Waals surface area contributed by atoms with Crippen LogP contribution in [-0.2, 0) is 9.59 Å². The Morgan fingerprint density at radius 1 is 1.41 bits per heavy atom. The van der Waals surface area contributed by atoms with Crippen LogP contribution in [0.1, 0.15) is 52.9 Å². The van der Waals surface area contributed by atoms with Gasteiger partial charge in [0.15, 0.2) is 0 Å². The van der Waals surface area contributed by atoms with E-state index in [-0.39, 0.29) is 5.78 Å². The van der Waals surface area contributed by atoms with E-state index in [1.807, 2.05) is 0 Å². The lowest BCUT2D eigenvalue weighted by molar-refractivity contribution is -0.118. The Bertz CT molecular complexity index is 315. The molecule has 0 saturated heterocycles. The Labute approximate surface area is 104 Å². The van der Waals surface area contributed by atoms with Gasteiger partial charge >= 0.3 is 0 Å². The number of allylic oxidation sites excluding steroid dienone is 1. The first kappa shape index (κ1) is 14.1. The van der Waals surface area contributed by atoms with E-state index in [0.29, 0.717) is 30.1 Å². The van der Waals surface area contributed by atoms with Gasteiger partial charge in [-0.1, -0.05) is 26.0 Å². The fourth-order valence-corrected chi connectivity index (χ4v) is 3.05. The van der Waals surface area contributed by atoms with Crippen LogP contribution < -0.4 is 0 Å². The Morgan fingerprint density at radius 3 is 2.53 bits per heavy atom. The van der Waals surface area contributed by atoms with Crippen molar-refractivity contribution in [3.05, 3.63) is 12.2 Å². The molecule has 2 atom stereocenters. The van der Waals surface area contributed by atoms with E-state index >= 15 is 0 Å². The summed E-state index contributed by atoms with van der Waals surface area (Å²) in [6.45, 7) is 10.3. The maximum Gasteiger partial charge on any atom is 0.129 e. The lowest BCUT2D eigenvalue weighted by Crippen LogP contribution is -2.44. The van der Waals surface area contributed by atoms with Crippen LogP contribution in [0.5, 0.6) is 0 Å². The number of carbonyl (C=O) groups excluding carboxylic acids is 2. The van der Waals surface area contributed by atoms with Crippen molar-refractivity contribution in [3.63, 3.8) is 0 Å². The lowest BCUT2D eigenvalue weighted by atomic mass is 9.52. The predicted octanol–water partition coefficient (Wildman–Crippen LogP) is 3.55. The van der Waals surface area contributed by atoms with Gasteiger partial charge in [-0.2, -0.15) is 0 Å². The molecule has 1 fully saturated rings. The average molecular weight is 236 g/mol. The molecule has 96 valence electrons. The Kier molecular flexibility index (Phi) is 4.67. The van der Waals surface area contributed by atoms with Gasteiger partial charge in [0.2, 0.25) is 0 Å². The van der Waals surface area contributed by atoms with Crippen molar-refractivity contribution in [3.8, 4) is 0 Å². The van der Waals surface area contributed by atoms with Crippen LogP contribution in [-0.4, -0.2) is 12.1 Å². The number of carbonyl (C=O) groups is 2. The first-order chi connectivity index (χ1) is 7.88. The molecule has 0 aromatic rings. The smallest absolute Gasteiger partial charge is 0.129 e. The summed E-state index contributed by atoms with van der Waals surface area (Å²) < 4.78 is 0. The third kappa shape index (κ3) is 3.52. The number of hydrogen-bond acceptors (Lipinski definition) is 2. The van der Waals surface area contributed by atoms with Crippen LogP contribution in [0.3, 0.4) is 0 Å². The second kappa shape index (κ2) is 5.61. The Hall–Kier alpha value is -0.920. The van der Waals surface area contributed by atoms with Gasteiger partial charge in [-0.15, -0.1) is 0 Å². The van der Waals surface area contributed by atoms with Crippen LogP contribution in [0.25, 0.3) is 0 Å². The SMILES string of the molecule is C=C(CCC=O)C1CC(C)(C)C1CCC(C)=O. The van der Waals surface area contributed by atoms with Gasteiger partial charge in [0.25, 0.3) is 0 Å². The molecule has 0 heterocycles. The van der Waals surface area contributed by atoms with Gasteiger partial charge in [0.05, 0.1) is 0 Å². The van der Waals surface area contributed by atoms with Crippen molar-refractivity contribution in [2.24, 2.45) is 17.3 Å². The van der Waals surface area contributed by atoms with E-state index in [0.717, 1.165) is 25.5 Å². The average Bonchev–Trinajstić information content (AvgIpc) is 2.22. The normalized spacial score (nSPS) is 26.1. The molecule has 0 aromatic heterocycles. The van der Waals surface area contributed by atoms with Crippen molar-refractivity contribution >= 4 is 12.1 Å². The molecule has 0 spiro atoms. The molecule has 0 amide bonds. The molecule has 0 aromatic carbocycles. The van der Waals surface area contributed by atoms with Gasteiger partial charge in [-0.3, -0.25) is 0 Å². The van der Waals surface area contributed by atoms with Crippen molar-refractivity contribution in [1.82, 2.24) is 0 Å². The number of rotatable bonds is 7. The van der Waals surface area contributed by atoms with Crippen molar-refractivity contribution in [2.45, 2.75) is 52.9 Å². The molecule has 0 N–H and O–H groups in total. The summed E-state index contributed by atoms with van der Waals surface area (Å²) in [6.07, 6.45) is 5.13. The summed E-state index contributed by atoms with van der Waals surface area (Å²) in [5, 5.41) is 0. The standard InChI is InChI=1S/C15H24O2/c1-11(6-5-9-16)13-10-15(3,4)14(13)8-7-12(2)17/h9,13-14H,1,5-8,10H2,2-4H3. The fraction of sp³-hybridized carbons (Fsp3) is 0.733. The van der Waals surface area contributed by atoms with Crippen LogP contribution in [0, 0.1) is 17.3 Å². The highest BCUT2D eigenvalue weighted by molar-refractivity contribution is 5.75. The summed E-state index contributed by atoms with van der Waals surface area (Å²) >= 11 is 0. The highest BCUT2D eigenvalue weighted by Crippen LogP contribution is 2.55. The maximum atomic E-state index is 11.1. The lowest BCUT2D eigenvalue weighted by Gasteiger charge is -2.53. The van der Waals surface area contributed by atoms with Crippen LogP contribution in [0.4, 0.5) is 0 Å². The zero-order valence-corrected chi connectivity index (χ0v) is 11.3. The van der Waals surface area contributed by atoms with Crippen LogP contribution >= 0.6 is 0 Å². The van der Waals surface area contributed by atoms with Gasteiger partial charge < -0.3 is 9.59 Å². The van der Waals surface area contributed by atoms with E-state index in [9.17, 15) is 9.59 Å². The molecule has 17 heavy (non-hydrogen) atoms. The van der Waals surface area contributed by atoms with E-state index in [1.165, 1.54) is 5.57 Å². The van der Waals surface area contributed by atoms with Gasteiger partial charge in [0, 0.05) is 12.8 Å². The maximum absolute atomic E-state index is 11.1. The minimum atomic E-state index is 0.268. The first-order valence-electron chi connectivity index (χ1n) is 6.49. The summed E-state index contributed by atoms with van der Waals surface area (Å²) in [7, 11) is 0. The Morgan fingerprint density at radius 2 is 2.06 bits per heavy atom. The van der Waals surface area contributed by atoms with E-state index in [2.05, 4.69) is 20.4 Å². The first-order valence-corrected chi connectivity index (χ1v) is 6.49. The molecule has 0 bridgehead atoms. The number of aldehydes is 1. The topological polar surface area (TPSA) is 34.1 Å². The molecule has 1 aliphatic rings. The highest BCUT2D eigenvalue weighted by atomic mass is 16.1. The van der Waals surface area contributed by atoms with Gasteiger partial charge in [-0.25, -0.2) is 0 Å². The van der Waals surface area contributed by atoms with Crippen molar-refractivity contribution in [2.75, 3.05) is 0 Å². The number of ketones is 1. The zero-order chi connectivity index (χ0) is 13.1. The minimum absolute atomic E-state index is 0.268. The largest absolute Gasteiger partial charge is 0.303 e. The molecule has 0 radical (unpaired) electrons. The fourth-order valence-electron chi connectivity index (χ4n) is 3.05. The van der Waals surface area contributed by atoms with Crippen LogP contribution in [0.15, 0.2) is 12.2 Å². The molecule has 2 heteroatoms. The third-order valence-corrected chi connectivity index (χ3v) is 4.15. The van der Waals surface area contributed by atoms with Gasteiger partial charge in [0.1, 0.15) is 12.1 Å². The molecular weight excluding hydrogens is 212 g/mol. The van der Waals surface area contributed by atoms with Crippen molar-refractivity contribution in [1.29, 1.82) is 0 Å². The summed E-state index contributed by atoms with van der Waals surface area (Å²) in [6, 6.07) is 0. The molecule has 1 aliphatic carbocycles. The second-order valence-electron chi connectivity index (χ2n) is 6.01.